The molecular formula is C33H52ClN3O2. The molecule has 0 aromatic heterocycles. The van der Waals surface area contributed by atoms with Crippen LogP contribution < -0.4 is 5.32 Å². The highest BCUT2D eigenvalue weighted by Gasteiger charge is 2.26. The maximum absolute atomic E-state index is 12.8. The van der Waals surface area contributed by atoms with Crippen LogP contribution in [0.25, 0.3) is 5.76 Å². The van der Waals surface area contributed by atoms with Crippen LogP contribution in [-0.4, -0.2) is 61.5 Å². The van der Waals surface area contributed by atoms with Crippen LogP contribution in [0.15, 0.2) is 35.1 Å². The zero-order valence-corrected chi connectivity index (χ0v) is 26.3. The quantitative estimate of drug-likeness (QED) is 0.229. The molecule has 2 saturated heterocycles. The van der Waals surface area contributed by atoms with Crippen LogP contribution >= 0.6 is 11.6 Å². The summed E-state index contributed by atoms with van der Waals surface area (Å²) in [7, 11) is 0. The Kier molecular flexibility index (Phi) is 12.4. The van der Waals surface area contributed by atoms with Gasteiger partial charge in [-0.05, 0) is 134 Å². The number of ether oxygens (including phenoxy) is 1. The van der Waals surface area contributed by atoms with Gasteiger partial charge in [-0.15, -0.1) is 0 Å². The number of nitrogens with one attached hydrogen (secondary N) is 1. The molecule has 0 saturated carbocycles. The molecule has 0 bridgehead atoms. The van der Waals surface area contributed by atoms with Crippen molar-refractivity contribution in [3.8, 4) is 0 Å². The number of allylic oxidation sites excluding steroid dienone is 2. The number of carbonyl (C=O) groups excluding carboxylic acids is 1. The minimum Gasteiger partial charge on any atom is -0.461 e. The van der Waals surface area contributed by atoms with E-state index in [0.717, 1.165) is 92.0 Å². The van der Waals surface area contributed by atoms with E-state index < -0.39 is 0 Å². The highest BCUT2D eigenvalue weighted by molar-refractivity contribution is 6.32. The number of likely N-dealkylation sites (tertiary alicyclic amines) is 2. The first kappa shape index (κ1) is 31.7. The number of aryl methyl sites for hydroxylation is 1. The number of piperidine rings is 2. The molecule has 6 heteroatoms. The zero-order chi connectivity index (χ0) is 28.5. The number of amides is 1. The van der Waals surface area contributed by atoms with Gasteiger partial charge < -0.3 is 15.0 Å². The van der Waals surface area contributed by atoms with Crippen LogP contribution in [0, 0.1) is 24.7 Å². The van der Waals surface area contributed by atoms with Crippen molar-refractivity contribution in [1.29, 1.82) is 0 Å². The Bertz CT molecular complexity index is 992. The lowest BCUT2D eigenvalue weighted by Gasteiger charge is -2.34. The van der Waals surface area contributed by atoms with Gasteiger partial charge in [0.2, 0.25) is 5.91 Å². The number of hydrogen-bond acceptors (Lipinski definition) is 4. The third kappa shape index (κ3) is 9.37. The summed E-state index contributed by atoms with van der Waals surface area (Å²) in [4.78, 5) is 17.8. The number of rotatable bonds is 11. The fourth-order valence-electron chi connectivity index (χ4n) is 5.86. The third-order valence-corrected chi connectivity index (χ3v) is 9.02. The van der Waals surface area contributed by atoms with Crippen molar-refractivity contribution < 1.29 is 9.53 Å². The molecule has 3 rings (SSSR count). The Balaban J connectivity index is 1.40. The molecule has 39 heavy (non-hydrogen) atoms. The van der Waals surface area contributed by atoms with Crippen molar-refractivity contribution in [3.63, 3.8) is 0 Å². The SMILES string of the molecule is CC(C)=C(O/C(C)=C(\C)CN1CCC(C(=O)NCCCN2CCC(C(C)C)CC2)CC1)c1c(C)cccc1Cl. The van der Waals surface area contributed by atoms with Crippen molar-refractivity contribution in [2.75, 3.05) is 45.8 Å². The fraction of sp³-hybridized carbons (Fsp3) is 0.667. The van der Waals surface area contributed by atoms with Crippen LogP contribution in [-0.2, 0) is 9.53 Å². The summed E-state index contributed by atoms with van der Waals surface area (Å²) in [5.41, 5.74) is 4.38. The Morgan fingerprint density at radius 2 is 1.67 bits per heavy atom. The first-order chi connectivity index (χ1) is 18.6. The number of hydrogen-bond donors (Lipinski definition) is 1. The molecule has 1 aromatic rings. The van der Waals surface area contributed by atoms with E-state index in [1.807, 2.05) is 19.1 Å². The molecule has 5 nitrogen and oxygen atoms in total. The van der Waals surface area contributed by atoms with Gasteiger partial charge >= 0.3 is 0 Å². The lowest BCUT2D eigenvalue weighted by atomic mass is 9.87. The fourth-order valence-corrected chi connectivity index (χ4v) is 6.17. The van der Waals surface area contributed by atoms with Gasteiger partial charge in [-0.1, -0.05) is 37.6 Å². The van der Waals surface area contributed by atoms with Crippen LogP contribution in [0.5, 0.6) is 0 Å². The molecular weight excluding hydrogens is 506 g/mol. The third-order valence-electron chi connectivity index (χ3n) is 8.70. The molecule has 0 atom stereocenters. The largest absolute Gasteiger partial charge is 0.461 e. The Morgan fingerprint density at radius 3 is 2.26 bits per heavy atom. The maximum Gasteiger partial charge on any atom is 0.223 e. The van der Waals surface area contributed by atoms with E-state index in [9.17, 15) is 4.79 Å². The summed E-state index contributed by atoms with van der Waals surface area (Å²) >= 11 is 6.54. The lowest BCUT2D eigenvalue weighted by Crippen LogP contribution is -2.42. The molecule has 0 unspecified atom stereocenters. The Morgan fingerprint density at radius 1 is 1.03 bits per heavy atom. The van der Waals surface area contributed by atoms with Crippen molar-refractivity contribution in [2.45, 2.75) is 80.6 Å². The van der Waals surface area contributed by atoms with Crippen molar-refractivity contribution in [1.82, 2.24) is 15.1 Å². The van der Waals surface area contributed by atoms with Gasteiger partial charge in [-0.3, -0.25) is 9.69 Å². The predicted octanol–water partition coefficient (Wildman–Crippen LogP) is 7.30. The molecule has 218 valence electrons. The summed E-state index contributed by atoms with van der Waals surface area (Å²) < 4.78 is 6.42. The van der Waals surface area contributed by atoms with E-state index in [-0.39, 0.29) is 11.8 Å². The second-order valence-electron chi connectivity index (χ2n) is 12.3. The van der Waals surface area contributed by atoms with Crippen LogP contribution in [0.4, 0.5) is 0 Å². The van der Waals surface area contributed by atoms with E-state index in [1.165, 1.54) is 31.5 Å². The molecule has 2 aliphatic rings. The molecule has 0 radical (unpaired) electrons. The van der Waals surface area contributed by atoms with E-state index in [0.29, 0.717) is 5.02 Å². The number of benzene rings is 1. The first-order valence-corrected chi connectivity index (χ1v) is 15.4. The van der Waals surface area contributed by atoms with Crippen LogP contribution in [0.3, 0.4) is 0 Å². The molecule has 1 amide bonds. The number of carbonyl (C=O) groups is 1. The standard InChI is InChI=1S/C33H52ClN3O2/c1-23(2)28-12-18-36(19-13-28)17-9-16-35-33(38)29-14-20-37(21-15-29)22-26(6)27(7)39-32(24(3)4)31-25(5)10-8-11-30(31)34/h8,10-11,23,28-29H,9,12-22H2,1-7H3,(H,35,38)/b27-26+. The molecule has 0 aliphatic carbocycles. The first-order valence-electron chi connectivity index (χ1n) is 15.1. The van der Waals surface area contributed by atoms with Gasteiger partial charge in [-0.2, -0.15) is 0 Å². The molecule has 2 fully saturated rings. The summed E-state index contributed by atoms with van der Waals surface area (Å²) in [6.45, 7) is 22.1. The van der Waals surface area contributed by atoms with E-state index in [1.54, 1.807) is 0 Å². The van der Waals surface area contributed by atoms with E-state index in [4.69, 9.17) is 16.3 Å². The molecule has 1 aromatic carbocycles. The molecule has 2 heterocycles. The van der Waals surface area contributed by atoms with Crippen molar-refractivity contribution >= 4 is 23.3 Å². The second kappa shape index (κ2) is 15.3. The van der Waals surface area contributed by atoms with E-state index in [2.05, 4.69) is 62.7 Å². The normalized spacial score (nSPS) is 18.7. The summed E-state index contributed by atoms with van der Waals surface area (Å²) in [5, 5.41) is 3.93. The van der Waals surface area contributed by atoms with E-state index >= 15 is 0 Å². The summed E-state index contributed by atoms with van der Waals surface area (Å²) in [6.07, 6.45) is 5.52. The predicted molar refractivity (Wildman–Crippen MR) is 165 cm³/mol. The van der Waals surface area contributed by atoms with Crippen molar-refractivity contribution in [2.24, 2.45) is 17.8 Å². The monoisotopic (exact) mass is 557 g/mol. The van der Waals surface area contributed by atoms with Crippen LogP contribution in [0.1, 0.15) is 84.8 Å². The van der Waals surface area contributed by atoms with Gasteiger partial charge in [-0.25, -0.2) is 0 Å². The average Bonchev–Trinajstić information content (AvgIpc) is 2.90. The number of nitrogens with zero attached hydrogens (tertiary/aromatic N) is 2. The highest BCUT2D eigenvalue weighted by Crippen LogP contribution is 2.32. The average molecular weight is 558 g/mol. The number of halogens is 1. The van der Waals surface area contributed by atoms with Gasteiger partial charge in [0, 0.05) is 24.6 Å². The highest BCUT2D eigenvalue weighted by atomic mass is 35.5. The lowest BCUT2D eigenvalue weighted by molar-refractivity contribution is -0.126. The smallest absolute Gasteiger partial charge is 0.223 e. The van der Waals surface area contributed by atoms with Gasteiger partial charge in [0.05, 0.1) is 5.02 Å². The maximum atomic E-state index is 12.8. The summed E-state index contributed by atoms with van der Waals surface area (Å²) in [6, 6.07) is 5.95. The molecule has 1 N–H and O–H groups in total. The molecule has 0 spiro atoms. The minimum absolute atomic E-state index is 0.130. The summed E-state index contributed by atoms with van der Waals surface area (Å²) in [5.74, 6) is 3.81. The molecule has 2 aliphatic heterocycles. The van der Waals surface area contributed by atoms with Gasteiger partial charge in [0.1, 0.15) is 11.5 Å². The van der Waals surface area contributed by atoms with Gasteiger partial charge in [0.15, 0.2) is 0 Å². The second-order valence-corrected chi connectivity index (χ2v) is 12.7. The minimum atomic E-state index is 0.130. The van der Waals surface area contributed by atoms with Crippen LogP contribution in [0.2, 0.25) is 5.02 Å². The Labute approximate surface area is 243 Å². The zero-order valence-electron chi connectivity index (χ0n) is 25.5. The Hall–Kier alpha value is -1.82. The van der Waals surface area contributed by atoms with Crippen molar-refractivity contribution in [3.05, 3.63) is 51.3 Å². The van der Waals surface area contributed by atoms with Gasteiger partial charge in [0.25, 0.3) is 0 Å². The topological polar surface area (TPSA) is 44.8 Å².